The van der Waals surface area contributed by atoms with Gasteiger partial charge in [-0.05, 0) is 59.3 Å². The zero-order valence-corrected chi connectivity index (χ0v) is 15.9. The van der Waals surface area contributed by atoms with Crippen LogP contribution in [0.3, 0.4) is 0 Å². The first-order chi connectivity index (χ1) is 12.1. The molecule has 1 heterocycles. The van der Waals surface area contributed by atoms with Gasteiger partial charge >= 0.3 is 0 Å². The van der Waals surface area contributed by atoms with Crippen LogP contribution in [0.15, 0.2) is 64.1 Å². The van der Waals surface area contributed by atoms with E-state index in [4.69, 9.17) is 4.74 Å². The summed E-state index contributed by atoms with van der Waals surface area (Å²) in [5, 5.41) is 8.02. The number of aliphatic imine (C=N–C) groups is 1. The standard InChI is InChI=1S/C19H19BrN4O/c1-13-17(20)19(24(23-13)15-7-5-4-6-8-15)22-18(21-2)14-9-11-16(25-3)12-10-14/h4-12H,1-3H3,(H,21,22). The number of aryl methyl sites for hydroxylation is 1. The van der Waals surface area contributed by atoms with E-state index in [-0.39, 0.29) is 0 Å². The topological polar surface area (TPSA) is 51.4 Å². The fourth-order valence-corrected chi connectivity index (χ4v) is 2.84. The molecule has 0 aliphatic heterocycles. The van der Waals surface area contributed by atoms with Crippen molar-refractivity contribution in [1.82, 2.24) is 9.78 Å². The van der Waals surface area contributed by atoms with Crippen LogP contribution in [0.5, 0.6) is 5.75 Å². The lowest BCUT2D eigenvalue weighted by Gasteiger charge is -2.13. The van der Waals surface area contributed by atoms with Crippen LogP contribution in [0.25, 0.3) is 5.69 Å². The van der Waals surface area contributed by atoms with Gasteiger partial charge in [-0.2, -0.15) is 5.10 Å². The van der Waals surface area contributed by atoms with Crippen molar-refractivity contribution in [2.75, 3.05) is 19.5 Å². The first-order valence-corrected chi connectivity index (χ1v) is 8.62. The van der Waals surface area contributed by atoms with Gasteiger partial charge in [0.15, 0.2) is 0 Å². The Labute approximate surface area is 155 Å². The molecule has 0 fully saturated rings. The molecule has 0 aliphatic carbocycles. The molecule has 0 spiro atoms. The summed E-state index contributed by atoms with van der Waals surface area (Å²) in [6.07, 6.45) is 0. The highest BCUT2D eigenvalue weighted by Crippen LogP contribution is 2.29. The fraction of sp³-hybridized carbons (Fsp3) is 0.158. The van der Waals surface area contributed by atoms with Crippen LogP contribution in [0.4, 0.5) is 5.82 Å². The summed E-state index contributed by atoms with van der Waals surface area (Å²) in [5.41, 5.74) is 2.84. The van der Waals surface area contributed by atoms with Crippen molar-refractivity contribution < 1.29 is 4.74 Å². The predicted molar refractivity (Wildman–Crippen MR) is 105 cm³/mol. The molecule has 1 aromatic heterocycles. The van der Waals surface area contributed by atoms with Gasteiger partial charge < -0.3 is 10.1 Å². The first kappa shape index (κ1) is 17.2. The molecule has 0 aliphatic rings. The third kappa shape index (κ3) is 3.58. The van der Waals surface area contributed by atoms with Gasteiger partial charge in [0.2, 0.25) is 0 Å². The molecule has 25 heavy (non-hydrogen) atoms. The second-order valence-corrected chi connectivity index (χ2v) is 6.21. The van der Waals surface area contributed by atoms with Crippen molar-refractivity contribution in [3.8, 4) is 11.4 Å². The van der Waals surface area contributed by atoms with Gasteiger partial charge in [-0.1, -0.05) is 18.2 Å². The van der Waals surface area contributed by atoms with E-state index in [1.807, 2.05) is 66.2 Å². The van der Waals surface area contributed by atoms with Crippen LogP contribution in [0.2, 0.25) is 0 Å². The van der Waals surface area contributed by atoms with Crippen LogP contribution in [0.1, 0.15) is 11.3 Å². The van der Waals surface area contributed by atoms with E-state index in [2.05, 4.69) is 31.3 Å². The van der Waals surface area contributed by atoms with Crippen molar-refractivity contribution >= 4 is 27.6 Å². The summed E-state index contributed by atoms with van der Waals surface area (Å²) in [7, 11) is 3.41. The maximum atomic E-state index is 5.22. The van der Waals surface area contributed by atoms with Gasteiger partial charge in [0.05, 0.1) is 23.0 Å². The number of rotatable bonds is 4. The SMILES string of the molecule is CN=C(Nc1c(Br)c(C)nn1-c1ccccc1)c1ccc(OC)cc1. The van der Waals surface area contributed by atoms with Crippen molar-refractivity contribution in [2.24, 2.45) is 4.99 Å². The number of nitrogens with zero attached hydrogens (tertiary/aromatic N) is 3. The van der Waals surface area contributed by atoms with Crippen LogP contribution < -0.4 is 10.1 Å². The Kier molecular flexibility index (Phi) is 5.19. The smallest absolute Gasteiger partial charge is 0.150 e. The fourth-order valence-electron chi connectivity index (χ4n) is 2.49. The number of hydrogen-bond donors (Lipinski definition) is 1. The molecule has 3 rings (SSSR count). The van der Waals surface area contributed by atoms with Gasteiger partial charge in [0.1, 0.15) is 17.4 Å². The Balaban J connectivity index is 1.98. The van der Waals surface area contributed by atoms with Gasteiger partial charge in [-0.25, -0.2) is 4.68 Å². The number of aromatic nitrogens is 2. The van der Waals surface area contributed by atoms with E-state index >= 15 is 0 Å². The molecule has 1 N–H and O–H groups in total. The molecular formula is C19H19BrN4O. The van der Waals surface area contributed by atoms with Gasteiger partial charge in [-0.3, -0.25) is 4.99 Å². The molecule has 0 unspecified atom stereocenters. The summed E-state index contributed by atoms with van der Waals surface area (Å²) in [6, 6.07) is 17.8. The lowest BCUT2D eigenvalue weighted by atomic mass is 10.2. The number of anilines is 1. The predicted octanol–water partition coefficient (Wildman–Crippen LogP) is 4.44. The lowest BCUT2D eigenvalue weighted by Crippen LogP contribution is -2.16. The average molecular weight is 399 g/mol. The number of hydrogen-bond acceptors (Lipinski definition) is 3. The van der Waals surface area contributed by atoms with Crippen LogP contribution >= 0.6 is 15.9 Å². The summed E-state index contributed by atoms with van der Waals surface area (Å²) in [6.45, 7) is 1.96. The highest BCUT2D eigenvalue weighted by molar-refractivity contribution is 9.10. The minimum atomic E-state index is 0.750. The molecule has 2 aromatic carbocycles. The first-order valence-electron chi connectivity index (χ1n) is 7.83. The zero-order valence-electron chi connectivity index (χ0n) is 14.3. The minimum absolute atomic E-state index is 0.750. The van der Waals surface area contributed by atoms with Gasteiger partial charge in [-0.15, -0.1) is 0 Å². The number of amidine groups is 1. The number of benzene rings is 2. The zero-order chi connectivity index (χ0) is 17.8. The Morgan fingerprint density at radius 1 is 1.12 bits per heavy atom. The normalized spacial score (nSPS) is 11.4. The molecule has 6 heteroatoms. The van der Waals surface area contributed by atoms with Crippen LogP contribution in [-0.4, -0.2) is 29.8 Å². The highest BCUT2D eigenvalue weighted by Gasteiger charge is 2.16. The van der Waals surface area contributed by atoms with E-state index in [9.17, 15) is 0 Å². The van der Waals surface area contributed by atoms with Crippen molar-refractivity contribution in [1.29, 1.82) is 0 Å². The Morgan fingerprint density at radius 3 is 2.40 bits per heavy atom. The highest BCUT2D eigenvalue weighted by atomic mass is 79.9. The molecule has 0 radical (unpaired) electrons. The molecular weight excluding hydrogens is 380 g/mol. The summed E-state index contributed by atoms with van der Waals surface area (Å²) < 4.78 is 8.00. The van der Waals surface area contributed by atoms with Crippen molar-refractivity contribution in [3.63, 3.8) is 0 Å². The number of nitrogens with one attached hydrogen (secondary N) is 1. The monoisotopic (exact) mass is 398 g/mol. The Bertz CT molecular complexity index is 886. The maximum Gasteiger partial charge on any atom is 0.150 e. The van der Waals surface area contributed by atoms with E-state index in [0.29, 0.717) is 0 Å². The number of halogens is 1. The molecule has 0 saturated carbocycles. The number of para-hydroxylation sites is 1. The lowest BCUT2D eigenvalue weighted by molar-refractivity contribution is 0.415. The van der Waals surface area contributed by atoms with Crippen molar-refractivity contribution in [3.05, 3.63) is 70.3 Å². The van der Waals surface area contributed by atoms with Crippen molar-refractivity contribution in [2.45, 2.75) is 6.92 Å². The minimum Gasteiger partial charge on any atom is -0.497 e. The van der Waals surface area contributed by atoms with E-state index < -0.39 is 0 Å². The Hall–Kier alpha value is -2.60. The number of methoxy groups -OCH3 is 1. The molecule has 5 nitrogen and oxygen atoms in total. The largest absolute Gasteiger partial charge is 0.497 e. The number of ether oxygens (including phenoxy) is 1. The maximum absolute atomic E-state index is 5.22. The van der Waals surface area contributed by atoms with Crippen LogP contribution in [0, 0.1) is 6.92 Å². The third-order valence-electron chi connectivity index (χ3n) is 3.81. The second-order valence-electron chi connectivity index (χ2n) is 5.42. The van der Waals surface area contributed by atoms with E-state index in [1.165, 1.54) is 0 Å². The van der Waals surface area contributed by atoms with E-state index in [0.717, 1.165) is 38.8 Å². The quantitative estimate of drug-likeness (QED) is 0.521. The molecule has 0 bridgehead atoms. The third-order valence-corrected chi connectivity index (χ3v) is 4.76. The Morgan fingerprint density at radius 2 is 1.80 bits per heavy atom. The molecule has 0 saturated heterocycles. The summed E-state index contributed by atoms with van der Waals surface area (Å²) >= 11 is 3.63. The van der Waals surface area contributed by atoms with Gasteiger partial charge in [0.25, 0.3) is 0 Å². The second kappa shape index (κ2) is 7.53. The van der Waals surface area contributed by atoms with Gasteiger partial charge in [0, 0.05) is 12.6 Å². The molecule has 128 valence electrons. The molecule has 0 amide bonds. The summed E-state index contributed by atoms with van der Waals surface area (Å²) in [5.74, 6) is 2.39. The average Bonchev–Trinajstić information content (AvgIpc) is 2.95. The molecule has 0 atom stereocenters. The van der Waals surface area contributed by atoms with E-state index in [1.54, 1.807) is 14.2 Å². The summed E-state index contributed by atoms with van der Waals surface area (Å²) in [4.78, 5) is 4.40. The van der Waals surface area contributed by atoms with Crippen LogP contribution in [-0.2, 0) is 0 Å². The molecule has 3 aromatic rings.